The number of hydrogen-bond acceptors (Lipinski definition) is 3. The van der Waals surface area contributed by atoms with Gasteiger partial charge in [-0.05, 0) is 13.3 Å². The van der Waals surface area contributed by atoms with Gasteiger partial charge in [0.05, 0.1) is 11.6 Å². The van der Waals surface area contributed by atoms with Crippen molar-refractivity contribution in [3.63, 3.8) is 0 Å². The van der Waals surface area contributed by atoms with E-state index < -0.39 is 0 Å². The van der Waals surface area contributed by atoms with Crippen LogP contribution in [0, 0.1) is 0 Å². The maximum absolute atomic E-state index is 10.7. The molecule has 1 N–H and O–H groups in total. The largest absolute Gasteiger partial charge is 0.447 e. The number of carbonyl (C=O) groups is 1. The van der Waals surface area contributed by atoms with Crippen molar-refractivity contribution in [3.05, 3.63) is 0 Å². The highest BCUT2D eigenvalue weighted by atomic mass is 16.6. The second kappa shape index (κ2) is 3.31. The number of ether oxygens (including phenoxy) is 2. The Morgan fingerprint density at radius 2 is 2.50 bits per heavy atom. The molecule has 0 aromatic rings. The molecule has 70 valence electrons. The lowest BCUT2D eigenvalue weighted by Crippen LogP contribution is -2.48. The lowest BCUT2D eigenvalue weighted by molar-refractivity contribution is -0.0257. The molecule has 1 heterocycles. The van der Waals surface area contributed by atoms with E-state index in [0.29, 0.717) is 6.61 Å². The standard InChI is InChI=1S/C8H15NO3/c1-4-8(2,11-3)6-5-12-7(10)9-6/h6H,4-5H2,1-3H3,(H,9,10). The minimum absolute atomic E-state index is 0.0278. The zero-order valence-corrected chi connectivity index (χ0v) is 7.72. The molecule has 1 aliphatic heterocycles. The van der Waals surface area contributed by atoms with Gasteiger partial charge in [0.2, 0.25) is 0 Å². The first-order valence-electron chi connectivity index (χ1n) is 4.11. The fourth-order valence-corrected chi connectivity index (χ4v) is 1.25. The summed E-state index contributed by atoms with van der Waals surface area (Å²) in [6.07, 6.45) is 0.495. The van der Waals surface area contributed by atoms with E-state index in [2.05, 4.69) is 5.32 Å². The van der Waals surface area contributed by atoms with Crippen molar-refractivity contribution in [2.24, 2.45) is 0 Å². The van der Waals surface area contributed by atoms with Gasteiger partial charge in [0.15, 0.2) is 0 Å². The Hall–Kier alpha value is -0.770. The molecule has 0 aliphatic carbocycles. The molecule has 2 atom stereocenters. The molecule has 4 heteroatoms. The Labute approximate surface area is 72.2 Å². The van der Waals surface area contributed by atoms with Crippen LogP contribution in [0.1, 0.15) is 20.3 Å². The molecule has 0 bridgehead atoms. The van der Waals surface area contributed by atoms with E-state index in [4.69, 9.17) is 9.47 Å². The van der Waals surface area contributed by atoms with Gasteiger partial charge in [-0.3, -0.25) is 0 Å². The highest BCUT2D eigenvalue weighted by Crippen LogP contribution is 2.21. The molecular formula is C8H15NO3. The molecule has 1 saturated heterocycles. The summed E-state index contributed by atoms with van der Waals surface area (Å²) in [6.45, 7) is 4.39. The van der Waals surface area contributed by atoms with Crippen LogP contribution in [0.3, 0.4) is 0 Å². The minimum atomic E-state index is -0.350. The number of hydrogen-bond donors (Lipinski definition) is 1. The van der Waals surface area contributed by atoms with Gasteiger partial charge in [0.25, 0.3) is 0 Å². The molecule has 2 unspecified atom stereocenters. The molecule has 4 nitrogen and oxygen atoms in total. The molecule has 0 aromatic carbocycles. The molecule has 1 amide bonds. The van der Waals surface area contributed by atoms with Crippen LogP contribution in [-0.2, 0) is 9.47 Å². The Balaban J connectivity index is 2.61. The van der Waals surface area contributed by atoms with Crippen molar-refractivity contribution < 1.29 is 14.3 Å². The first-order chi connectivity index (χ1) is 5.62. The SMILES string of the molecule is CCC(C)(OC)C1COC(=O)N1. The van der Waals surface area contributed by atoms with E-state index in [1.54, 1.807) is 7.11 Å². The third kappa shape index (κ3) is 1.53. The summed E-state index contributed by atoms with van der Waals surface area (Å²) >= 11 is 0. The fourth-order valence-electron chi connectivity index (χ4n) is 1.25. The maximum Gasteiger partial charge on any atom is 0.407 e. The van der Waals surface area contributed by atoms with Crippen molar-refractivity contribution in [2.45, 2.75) is 31.9 Å². The lowest BCUT2D eigenvalue weighted by Gasteiger charge is -2.31. The van der Waals surface area contributed by atoms with Crippen LogP contribution in [0.5, 0.6) is 0 Å². The van der Waals surface area contributed by atoms with E-state index in [-0.39, 0.29) is 17.7 Å². The molecular weight excluding hydrogens is 158 g/mol. The topological polar surface area (TPSA) is 47.6 Å². The number of nitrogens with one attached hydrogen (secondary N) is 1. The number of amides is 1. The normalized spacial score (nSPS) is 27.6. The van der Waals surface area contributed by atoms with Crippen LogP contribution in [0.4, 0.5) is 4.79 Å². The number of methoxy groups -OCH3 is 1. The van der Waals surface area contributed by atoms with Crippen molar-refractivity contribution >= 4 is 6.09 Å². The quantitative estimate of drug-likeness (QED) is 0.690. The first-order valence-corrected chi connectivity index (χ1v) is 4.11. The third-order valence-corrected chi connectivity index (χ3v) is 2.58. The first kappa shape index (κ1) is 9.32. The maximum atomic E-state index is 10.7. The van der Waals surface area contributed by atoms with Gasteiger partial charge >= 0.3 is 6.09 Å². The highest BCUT2D eigenvalue weighted by Gasteiger charge is 2.38. The van der Waals surface area contributed by atoms with Crippen LogP contribution in [-0.4, -0.2) is 31.5 Å². The van der Waals surface area contributed by atoms with Gasteiger partial charge in [-0.25, -0.2) is 4.79 Å². The van der Waals surface area contributed by atoms with E-state index in [0.717, 1.165) is 6.42 Å². The second-order valence-electron chi connectivity index (χ2n) is 3.17. The van der Waals surface area contributed by atoms with E-state index in [1.807, 2.05) is 13.8 Å². The zero-order chi connectivity index (χ0) is 9.19. The summed E-state index contributed by atoms with van der Waals surface area (Å²) in [7, 11) is 1.65. The van der Waals surface area contributed by atoms with Crippen molar-refractivity contribution in [2.75, 3.05) is 13.7 Å². The second-order valence-corrected chi connectivity index (χ2v) is 3.17. The van der Waals surface area contributed by atoms with Gasteiger partial charge in [-0.2, -0.15) is 0 Å². The van der Waals surface area contributed by atoms with Gasteiger partial charge in [-0.15, -0.1) is 0 Å². The minimum Gasteiger partial charge on any atom is -0.447 e. The van der Waals surface area contributed by atoms with E-state index in [9.17, 15) is 4.79 Å². The Bertz CT molecular complexity index is 177. The summed E-state index contributed by atoms with van der Waals surface area (Å²) in [4.78, 5) is 10.7. The molecule has 1 fully saturated rings. The average Bonchev–Trinajstić information content (AvgIpc) is 2.51. The number of carbonyl (C=O) groups excluding carboxylic acids is 1. The molecule has 0 aromatic heterocycles. The Morgan fingerprint density at radius 3 is 2.83 bits per heavy atom. The van der Waals surface area contributed by atoms with Crippen molar-refractivity contribution in [1.29, 1.82) is 0 Å². The van der Waals surface area contributed by atoms with Crippen molar-refractivity contribution in [3.8, 4) is 0 Å². The van der Waals surface area contributed by atoms with Gasteiger partial charge in [0, 0.05) is 7.11 Å². The van der Waals surface area contributed by atoms with Crippen LogP contribution >= 0.6 is 0 Å². The zero-order valence-electron chi connectivity index (χ0n) is 7.72. The van der Waals surface area contributed by atoms with Gasteiger partial charge in [-0.1, -0.05) is 6.92 Å². The van der Waals surface area contributed by atoms with E-state index >= 15 is 0 Å². The smallest absolute Gasteiger partial charge is 0.407 e. The van der Waals surface area contributed by atoms with Crippen LogP contribution in [0.15, 0.2) is 0 Å². The highest BCUT2D eigenvalue weighted by molar-refractivity contribution is 5.69. The van der Waals surface area contributed by atoms with Crippen molar-refractivity contribution in [1.82, 2.24) is 5.32 Å². The predicted molar refractivity (Wildman–Crippen MR) is 44.0 cm³/mol. The average molecular weight is 173 g/mol. The molecule has 12 heavy (non-hydrogen) atoms. The third-order valence-electron chi connectivity index (χ3n) is 2.58. The van der Waals surface area contributed by atoms with Crippen LogP contribution in [0.25, 0.3) is 0 Å². The Morgan fingerprint density at radius 1 is 1.83 bits per heavy atom. The summed E-state index contributed by atoms with van der Waals surface area (Å²) in [6, 6.07) is -0.0278. The fraction of sp³-hybridized carbons (Fsp3) is 0.875. The summed E-state index contributed by atoms with van der Waals surface area (Å²) in [5.41, 5.74) is -0.313. The number of rotatable bonds is 3. The summed E-state index contributed by atoms with van der Waals surface area (Å²) < 4.78 is 10.1. The summed E-state index contributed by atoms with van der Waals surface area (Å²) in [5, 5.41) is 2.71. The van der Waals surface area contributed by atoms with Gasteiger partial charge < -0.3 is 14.8 Å². The Kier molecular flexibility index (Phi) is 2.57. The van der Waals surface area contributed by atoms with E-state index in [1.165, 1.54) is 0 Å². The lowest BCUT2D eigenvalue weighted by atomic mass is 9.94. The molecule has 0 spiro atoms. The monoisotopic (exact) mass is 173 g/mol. The molecule has 0 radical (unpaired) electrons. The van der Waals surface area contributed by atoms with Crippen LogP contribution < -0.4 is 5.32 Å². The molecule has 1 rings (SSSR count). The molecule has 0 saturated carbocycles. The number of alkyl carbamates (subject to hydrolysis) is 1. The van der Waals surface area contributed by atoms with Gasteiger partial charge in [0.1, 0.15) is 6.61 Å². The number of cyclic esters (lactones) is 1. The predicted octanol–water partition coefficient (Wildman–Crippen LogP) is 0.910. The summed E-state index contributed by atoms with van der Waals surface area (Å²) in [5.74, 6) is 0. The molecule has 1 aliphatic rings. The van der Waals surface area contributed by atoms with Crippen LogP contribution in [0.2, 0.25) is 0 Å².